The SMILES string of the molecule is CN(Cc1nc2ccccc2c(=O)[nH]1)C1CCCCC1. The van der Waals surface area contributed by atoms with Gasteiger partial charge in [-0.3, -0.25) is 9.69 Å². The number of rotatable bonds is 3. The third-order valence-corrected chi connectivity index (χ3v) is 4.26. The zero-order valence-electron chi connectivity index (χ0n) is 11.9. The molecule has 0 atom stereocenters. The molecule has 2 aromatic rings. The van der Waals surface area contributed by atoms with Crippen LogP contribution >= 0.6 is 0 Å². The van der Waals surface area contributed by atoms with E-state index in [-0.39, 0.29) is 5.56 Å². The van der Waals surface area contributed by atoms with Crippen molar-refractivity contribution >= 4 is 10.9 Å². The van der Waals surface area contributed by atoms with E-state index in [0.717, 1.165) is 11.3 Å². The molecule has 106 valence electrons. The Hall–Kier alpha value is -1.68. The highest BCUT2D eigenvalue weighted by Gasteiger charge is 2.18. The Labute approximate surface area is 118 Å². The topological polar surface area (TPSA) is 49.0 Å². The predicted molar refractivity (Wildman–Crippen MR) is 80.7 cm³/mol. The van der Waals surface area contributed by atoms with E-state index in [4.69, 9.17) is 0 Å². The number of nitrogens with one attached hydrogen (secondary N) is 1. The average molecular weight is 271 g/mol. The number of para-hydroxylation sites is 1. The Morgan fingerprint density at radius 3 is 2.80 bits per heavy atom. The van der Waals surface area contributed by atoms with Gasteiger partial charge in [0.15, 0.2) is 0 Å². The molecule has 1 aliphatic rings. The van der Waals surface area contributed by atoms with E-state index < -0.39 is 0 Å². The second-order valence-corrected chi connectivity index (χ2v) is 5.74. The molecule has 4 nitrogen and oxygen atoms in total. The van der Waals surface area contributed by atoms with Crippen LogP contribution in [0, 0.1) is 0 Å². The molecule has 0 saturated heterocycles. The van der Waals surface area contributed by atoms with Crippen LogP contribution in [0.2, 0.25) is 0 Å². The Morgan fingerprint density at radius 1 is 1.25 bits per heavy atom. The minimum atomic E-state index is -0.0392. The molecule has 1 aromatic heterocycles. The second kappa shape index (κ2) is 5.75. The van der Waals surface area contributed by atoms with E-state index in [0.29, 0.717) is 18.0 Å². The second-order valence-electron chi connectivity index (χ2n) is 5.74. The fourth-order valence-corrected chi connectivity index (χ4v) is 3.10. The minimum absolute atomic E-state index is 0.0392. The first-order valence-electron chi connectivity index (χ1n) is 7.42. The number of hydrogen-bond donors (Lipinski definition) is 1. The molecule has 0 aliphatic heterocycles. The van der Waals surface area contributed by atoms with Crippen molar-refractivity contribution in [1.29, 1.82) is 0 Å². The molecule has 0 amide bonds. The molecular weight excluding hydrogens is 250 g/mol. The summed E-state index contributed by atoms with van der Waals surface area (Å²) in [4.78, 5) is 21.9. The Kier molecular flexibility index (Phi) is 3.83. The molecule has 4 heteroatoms. The van der Waals surface area contributed by atoms with Crippen LogP contribution in [0.15, 0.2) is 29.1 Å². The first-order valence-corrected chi connectivity index (χ1v) is 7.42. The van der Waals surface area contributed by atoms with Crippen LogP contribution in [-0.2, 0) is 6.54 Å². The number of hydrogen-bond acceptors (Lipinski definition) is 3. The summed E-state index contributed by atoms with van der Waals surface area (Å²) in [6.07, 6.45) is 6.51. The van der Waals surface area contributed by atoms with E-state index in [9.17, 15) is 4.79 Å². The van der Waals surface area contributed by atoms with Gasteiger partial charge in [-0.25, -0.2) is 4.98 Å². The first-order chi connectivity index (χ1) is 9.74. The smallest absolute Gasteiger partial charge is 0.258 e. The number of aromatic nitrogens is 2. The lowest BCUT2D eigenvalue weighted by molar-refractivity contribution is 0.181. The molecule has 0 spiro atoms. The van der Waals surface area contributed by atoms with Crippen molar-refractivity contribution in [1.82, 2.24) is 14.9 Å². The van der Waals surface area contributed by atoms with Crippen molar-refractivity contribution in [3.05, 3.63) is 40.4 Å². The van der Waals surface area contributed by atoms with Gasteiger partial charge in [0, 0.05) is 6.04 Å². The fourth-order valence-electron chi connectivity index (χ4n) is 3.10. The van der Waals surface area contributed by atoms with Crippen molar-refractivity contribution in [2.24, 2.45) is 0 Å². The van der Waals surface area contributed by atoms with Crippen LogP contribution in [-0.4, -0.2) is 28.0 Å². The fraction of sp³-hybridized carbons (Fsp3) is 0.500. The standard InChI is InChI=1S/C16H21N3O/c1-19(12-7-3-2-4-8-12)11-15-17-14-10-6-5-9-13(14)16(20)18-15/h5-6,9-10,12H,2-4,7-8,11H2,1H3,(H,17,18,20). The lowest BCUT2D eigenvalue weighted by atomic mass is 9.94. The summed E-state index contributed by atoms with van der Waals surface area (Å²) in [6, 6.07) is 8.13. The summed E-state index contributed by atoms with van der Waals surface area (Å²) in [5, 5.41) is 0.663. The molecule has 1 fully saturated rings. The molecule has 1 aliphatic carbocycles. The highest BCUT2D eigenvalue weighted by molar-refractivity contribution is 5.77. The van der Waals surface area contributed by atoms with Gasteiger partial charge in [0.2, 0.25) is 0 Å². The molecule has 3 rings (SSSR count). The normalized spacial score (nSPS) is 16.9. The van der Waals surface area contributed by atoms with Crippen LogP contribution in [0.25, 0.3) is 10.9 Å². The third-order valence-electron chi connectivity index (χ3n) is 4.26. The Bertz CT molecular complexity index is 643. The largest absolute Gasteiger partial charge is 0.309 e. The zero-order valence-corrected chi connectivity index (χ0v) is 11.9. The third kappa shape index (κ3) is 2.75. The first kappa shape index (κ1) is 13.3. The van der Waals surface area contributed by atoms with E-state index in [2.05, 4.69) is 21.9 Å². The van der Waals surface area contributed by atoms with Crippen LogP contribution in [0.5, 0.6) is 0 Å². The number of fused-ring (bicyclic) bond motifs is 1. The van der Waals surface area contributed by atoms with Crippen LogP contribution < -0.4 is 5.56 Å². The van der Waals surface area contributed by atoms with Gasteiger partial charge in [0.25, 0.3) is 5.56 Å². The van der Waals surface area contributed by atoms with Crippen LogP contribution in [0.4, 0.5) is 0 Å². The summed E-state index contributed by atoms with van der Waals surface area (Å²) < 4.78 is 0. The molecule has 20 heavy (non-hydrogen) atoms. The van der Waals surface area contributed by atoms with Gasteiger partial charge in [-0.1, -0.05) is 31.4 Å². The summed E-state index contributed by atoms with van der Waals surface area (Å²) >= 11 is 0. The van der Waals surface area contributed by atoms with Crippen LogP contribution in [0.3, 0.4) is 0 Å². The number of benzene rings is 1. The summed E-state index contributed by atoms with van der Waals surface area (Å²) in [5.74, 6) is 0.766. The van der Waals surface area contributed by atoms with Crippen molar-refractivity contribution in [3.8, 4) is 0 Å². The lowest BCUT2D eigenvalue weighted by Gasteiger charge is -2.30. The quantitative estimate of drug-likeness (QED) is 0.933. The molecule has 1 N–H and O–H groups in total. The van der Waals surface area contributed by atoms with Gasteiger partial charge in [-0.2, -0.15) is 0 Å². The molecule has 1 saturated carbocycles. The maximum Gasteiger partial charge on any atom is 0.258 e. The predicted octanol–water partition coefficient (Wildman–Crippen LogP) is 2.69. The van der Waals surface area contributed by atoms with Gasteiger partial charge >= 0.3 is 0 Å². The number of nitrogens with zero attached hydrogens (tertiary/aromatic N) is 2. The van der Waals surface area contributed by atoms with E-state index in [1.165, 1.54) is 32.1 Å². The summed E-state index contributed by atoms with van der Waals surface area (Å²) in [7, 11) is 2.13. The Balaban J connectivity index is 1.81. The highest BCUT2D eigenvalue weighted by atomic mass is 16.1. The highest BCUT2D eigenvalue weighted by Crippen LogP contribution is 2.22. The molecule has 0 radical (unpaired) electrons. The van der Waals surface area contributed by atoms with Gasteiger partial charge in [0.05, 0.1) is 17.4 Å². The number of H-pyrrole nitrogens is 1. The monoisotopic (exact) mass is 271 g/mol. The average Bonchev–Trinajstić information content (AvgIpc) is 2.48. The van der Waals surface area contributed by atoms with Crippen molar-refractivity contribution < 1.29 is 0 Å². The molecule has 1 heterocycles. The summed E-state index contributed by atoms with van der Waals surface area (Å²) in [6.45, 7) is 0.713. The maximum atomic E-state index is 12.0. The van der Waals surface area contributed by atoms with Gasteiger partial charge < -0.3 is 4.98 Å². The minimum Gasteiger partial charge on any atom is -0.309 e. The molecular formula is C16H21N3O. The van der Waals surface area contributed by atoms with E-state index in [1.807, 2.05) is 24.3 Å². The van der Waals surface area contributed by atoms with Gasteiger partial charge in [-0.15, -0.1) is 0 Å². The van der Waals surface area contributed by atoms with E-state index in [1.54, 1.807) is 0 Å². The van der Waals surface area contributed by atoms with Gasteiger partial charge in [-0.05, 0) is 32.0 Å². The Morgan fingerprint density at radius 2 is 2.00 bits per heavy atom. The summed E-state index contributed by atoms with van der Waals surface area (Å²) in [5.41, 5.74) is 0.742. The zero-order chi connectivity index (χ0) is 13.9. The van der Waals surface area contributed by atoms with Crippen molar-refractivity contribution in [2.75, 3.05) is 7.05 Å². The van der Waals surface area contributed by atoms with Crippen molar-refractivity contribution in [2.45, 2.75) is 44.7 Å². The lowest BCUT2D eigenvalue weighted by Crippen LogP contribution is -2.34. The molecule has 0 bridgehead atoms. The van der Waals surface area contributed by atoms with Gasteiger partial charge in [0.1, 0.15) is 5.82 Å². The number of aromatic amines is 1. The van der Waals surface area contributed by atoms with Crippen molar-refractivity contribution in [3.63, 3.8) is 0 Å². The maximum absolute atomic E-state index is 12.0. The molecule has 1 aromatic carbocycles. The van der Waals surface area contributed by atoms with E-state index >= 15 is 0 Å². The van der Waals surface area contributed by atoms with Crippen LogP contribution in [0.1, 0.15) is 37.9 Å². The molecule has 0 unspecified atom stereocenters.